The number of benzene rings is 2. The van der Waals surface area contributed by atoms with Crippen LogP contribution in [0.5, 0.6) is 0 Å². The molecule has 0 spiro atoms. The highest BCUT2D eigenvalue weighted by Crippen LogP contribution is 2.24. The fraction of sp³-hybridized carbons (Fsp3) is 0.190. The van der Waals surface area contributed by atoms with Crippen LogP contribution in [-0.4, -0.2) is 42.2 Å². The summed E-state index contributed by atoms with van der Waals surface area (Å²) in [5, 5.41) is 3.21. The second kappa shape index (κ2) is 8.06. The summed E-state index contributed by atoms with van der Waals surface area (Å²) in [6, 6.07) is 17.0. The number of carbonyl (C=O) groups excluding carboxylic acids is 1. The van der Waals surface area contributed by atoms with E-state index in [1.165, 1.54) is 5.69 Å². The average molecular weight is 375 g/mol. The number of primary amides is 1. The van der Waals surface area contributed by atoms with E-state index in [1.54, 1.807) is 24.4 Å². The summed E-state index contributed by atoms with van der Waals surface area (Å²) in [7, 11) is 0. The van der Waals surface area contributed by atoms with E-state index in [9.17, 15) is 4.79 Å². The second-order valence-electron chi connectivity index (χ2n) is 6.45. The van der Waals surface area contributed by atoms with Crippen molar-refractivity contribution in [1.29, 1.82) is 0 Å². The van der Waals surface area contributed by atoms with Crippen LogP contribution < -0.4 is 16.0 Å². The molecule has 2 heterocycles. The summed E-state index contributed by atoms with van der Waals surface area (Å²) in [5.74, 6) is -0.0293. The van der Waals surface area contributed by atoms with E-state index >= 15 is 0 Å². The number of ether oxygens (including phenoxy) is 1. The van der Waals surface area contributed by atoms with Crippen molar-refractivity contribution in [2.24, 2.45) is 5.73 Å². The predicted molar refractivity (Wildman–Crippen MR) is 109 cm³/mol. The number of nitrogens with zero attached hydrogens (tertiary/aromatic N) is 3. The first-order chi connectivity index (χ1) is 13.7. The van der Waals surface area contributed by atoms with Crippen LogP contribution in [0.1, 0.15) is 10.4 Å². The Morgan fingerprint density at radius 3 is 2.54 bits per heavy atom. The van der Waals surface area contributed by atoms with E-state index < -0.39 is 5.91 Å². The van der Waals surface area contributed by atoms with Gasteiger partial charge in [-0.3, -0.25) is 4.79 Å². The average Bonchev–Trinajstić information content (AvgIpc) is 2.75. The molecule has 4 rings (SSSR count). The smallest absolute Gasteiger partial charge is 0.249 e. The predicted octanol–water partition coefficient (Wildman–Crippen LogP) is 2.82. The maximum Gasteiger partial charge on any atom is 0.249 e. The standard InChI is InChI=1S/C21H21N5O2/c22-20(27)18-4-2-1-3-17(18)19-9-10-23-21(25-19)24-15-5-7-16(8-6-15)26-11-13-28-14-12-26/h1-10H,11-14H2,(H2,22,27)(H,23,24,25). The van der Waals surface area contributed by atoms with Crippen molar-refractivity contribution in [2.45, 2.75) is 0 Å². The summed E-state index contributed by atoms with van der Waals surface area (Å²) >= 11 is 0. The topological polar surface area (TPSA) is 93.4 Å². The highest BCUT2D eigenvalue weighted by atomic mass is 16.5. The van der Waals surface area contributed by atoms with E-state index in [1.807, 2.05) is 24.3 Å². The number of aromatic nitrogens is 2. The number of hydrogen-bond donors (Lipinski definition) is 2. The first-order valence-electron chi connectivity index (χ1n) is 9.13. The van der Waals surface area contributed by atoms with Gasteiger partial charge in [-0.05, 0) is 36.4 Å². The van der Waals surface area contributed by atoms with Gasteiger partial charge in [-0.15, -0.1) is 0 Å². The molecule has 0 unspecified atom stereocenters. The summed E-state index contributed by atoms with van der Waals surface area (Å²) in [6.45, 7) is 3.31. The number of carbonyl (C=O) groups is 1. The van der Waals surface area contributed by atoms with E-state index in [4.69, 9.17) is 10.5 Å². The van der Waals surface area contributed by atoms with Gasteiger partial charge < -0.3 is 20.7 Å². The fourth-order valence-electron chi connectivity index (χ4n) is 3.20. The first kappa shape index (κ1) is 17.9. The largest absolute Gasteiger partial charge is 0.378 e. The number of nitrogens with two attached hydrogens (primary N) is 1. The lowest BCUT2D eigenvalue weighted by molar-refractivity contribution is 0.100. The molecule has 0 atom stereocenters. The molecule has 1 aliphatic heterocycles. The number of morpholine rings is 1. The van der Waals surface area contributed by atoms with Crippen LogP contribution in [0, 0.1) is 0 Å². The molecule has 0 radical (unpaired) electrons. The SMILES string of the molecule is NC(=O)c1ccccc1-c1ccnc(Nc2ccc(N3CCOCC3)cc2)n1. The molecule has 0 aliphatic carbocycles. The third-order valence-corrected chi connectivity index (χ3v) is 4.62. The summed E-state index contributed by atoms with van der Waals surface area (Å²) in [6.07, 6.45) is 1.66. The molecule has 1 aliphatic rings. The molecule has 1 amide bonds. The normalized spacial score (nSPS) is 13.9. The van der Waals surface area contributed by atoms with Crippen LogP contribution in [0.25, 0.3) is 11.3 Å². The Kier molecular flexibility index (Phi) is 5.16. The van der Waals surface area contributed by atoms with Gasteiger partial charge in [-0.1, -0.05) is 18.2 Å². The molecule has 142 valence electrons. The van der Waals surface area contributed by atoms with Crippen LogP contribution >= 0.6 is 0 Å². The molecule has 2 aromatic carbocycles. The minimum Gasteiger partial charge on any atom is -0.378 e. The summed E-state index contributed by atoms with van der Waals surface area (Å²) in [5.41, 5.74) is 9.28. The van der Waals surface area contributed by atoms with Gasteiger partial charge >= 0.3 is 0 Å². The molecule has 0 bridgehead atoms. The molecular formula is C21H21N5O2. The number of amides is 1. The van der Waals surface area contributed by atoms with Crippen molar-refractivity contribution in [3.05, 3.63) is 66.4 Å². The van der Waals surface area contributed by atoms with Gasteiger partial charge in [0.05, 0.1) is 18.9 Å². The Balaban J connectivity index is 1.53. The Morgan fingerprint density at radius 2 is 1.79 bits per heavy atom. The van der Waals surface area contributed by atoms with Crippen LogP contribution in [0.4, 0.5) is 17.3 Å². The fourth-order valence-corrected chi connectivity index (χ4v) is 3.20. The zero-order valence-electron chi connectivity index (χ0n) is 15.3. The third kappa shape index (κ3) is 3.94. The minimum absolute atomic E-state index is 0.432. The Morgan fingerprint density at radius 1 is 1.04 bits per heavy atom. The maximum atomic E-state index is 11.7. The Labute approximate surface area is 163 Å². The number of anilines is 3. The van der Waals surface area contributed by atoms with Crippen molar-refractivity contribution in [3.8, 4) is 11.3 Å². The summed E-state index contributed by atoms with van der Waals surface area (Å²) < 4.78 is 5.40. The van der Waals surface area contributed by atoms with Gasteiger partial charge in [-0.2, -0.15) is 0 Å². The molecular weight excluding hydrogens is 354 g/mol. The minimum atomic E-state index is -0.484. The van der Waals surface area contributed by atoms with Gasteiger partial charge in [0.25, 0.3) is 0 Å². The molecule has 1 saturated heterocycles. The van der Waals surface area contributed by atoms with Crippen molar-refractivity contribution >= 4 is 23.2 Å². The highest BCUT2D eigenvalue weighted by molar-refractivity contribution is 5.99. The number of hydrogen-bond acceptors (Lipinski definition) is 6. The lowest BCUT2D eigenvalue weighted by Gasteiger charge is -2.28. The molecule has 1 fully saturated rings. The van der Waals surface area contributed by atoms with Crippen LogP contribution in [0.2, 0.25) is 0 Å². The monoisotopic (exact) mass is 375 g/mol. The lowest BCUT2D eigenvalue weighted by atomic mass is 10.0. The van der Waals surface area contributed by atoms with E-state index in [0.29, 0.717) is 22.8 Å². The molecule has 7 nitrogen and oxygen atoms in total. The second-order valence-corrected chi connectivity index (χ2v) is 6.45. The summed E-state index contributed by atoms with van der Waals surface area (Å²) in [4.78, 5) is 22.8. The van der Waals surface area contributed by atoms with Crippen molar-refractivity contribution < 1.29 is 9.53 Å². The van der Waals surface area contributed by atoms with Gasteiger partial charge in [0.1, 0.15) is 0 Å². The molecule has 7 heteroatoms. The highest BCUT2D eigenvalue weighted by Gasteiger charge is 2.12. The molecule has 28 heavy (non-hydrogen) atoms. The maximum absolute atomic E-state index is 11.7. The quantitative estimate of drug-likeness (QED) is 0.712. The Bertz CT molecular complexity index is 969. The van der Waals surface area contributed by atoms with Crippen LogP contribution in [0.3, 0.4) is 0 Å². The zero-order chi connectivity index (χ0) is 19.3. The van der Waals surface area contributed by atoms with Crippen molar-refractivity contribution in [3.63, 3.8) is 0 Å². The van der Waals surface area contributed by atoms with Crippen LogP contribution in [0.15, 0.2) is 60.8 Å². The Hall–Kier alpha value is -3.45. The van der Waals surface area contributed by atoms with E-state index in [0.717, 1.165) is 32.0 Å². The molecule has 1 aromatic heterocycles. The molecule has 0 saturated carbocycles. The number of nitrogens with one attached hydrogen (secondary N) is 1. The lowest BCUT2D eigenvalue weighted by Crippen LogP contribution is -2.36. The van der Waals surface area contributed by atoms with E-state index in [-0.39, 0.29) is 0 Å². The number of rotatable bonds is 5. The van der Waals surface area contributed by atoms with Crippen LogP contribution in [-0.2, 0) is 4.74 Å². The third-order valence-electron chi connectivity index (χ3n) is 4.62. The van der Waals surface area contributed by atoms with E-state index in [2.05, 4.69) is 32.3 Å². The molecule has 3 aromatic rings. The van der Waals surface area contributed by atoms with Gasteiger partial charge in [0.15, 0.2) is 0 Å². The zero-order valence-corrected chi connectivity index (χ0v) is 15.3. The van der Waals surface area contributed by atoms with Gasteiger partial charge in [-0.25, -0.2) is 9.97 Å². The first-order valence-corrected chi connectivity index (χ1v) is 9.13. The van der Waals surface area contributed by atoms with Crippen molar-refractivity contribution in [2.75, 3.05) is 36.5 Å². The van der Waals surface area contributed by atoms with Crippen molar-refractivity contribution in [1.82, 2.24) is 9.97 Å². The van der Waals surface area contributed by atoms with Gasteiger partial charge in [0, 0.05) is 41.8 Å². The van der Waals surface area contributed by atoms with Gasteiger partial charge in [0.2, 0.25) is 11.9 Å². The molecule has 3 N–H and O–H groups in total.